The summed E-state index contributed by atoms with van der Waals surface area (Å²) in [6, 6.07) is 11.0. The van der Waals surface area contributed by atoms with E-state index in [4.69, 9.17) is 9.26 Å². The Bertz CT molecular complexity index is 462. The normalized spacial score (nSPS) is 9.93. The summed E-state index contributed by atoms with van der Waals surface area (Å²) in [5.74, 6) is 0.344. The Morgan fingerprint density at radius 3 is 2.73 bits per heavy atom. The Kier molecular flexibility index (Phi) is 2.49. The summed E-state index contributed by atoms with van der Waals surface area (Å²) in [5.41, 5.74) is 0.892. The van der Waals surface area contributed by atoms with Crippen molar-refractivity contribution in [2.45, 2.75) is 6.92 Å². The van der Waals surface area contributed by atoms with Crippen molar-refractivity contribution >= 4 is 5.97 Å². The molecule has 0 amide bonds. The van der Waals surface area contributed by atoms with E-state index in [0.29, 0.717) is 5.76 Å². The molecule has 76 valence electrons. The van der Waals surface area contributed by atoms with E-state index in [2.05, 4.69) is 5.16 Å². The van der Waals surface area contributed by atoms with Crippen LogP contribution in [-0.4, -0.2) is 11.1 Å². The van der Waals surface area contributed by atoms with Gasteiger partial charge in [0.2, 0.25) is 0 Å². The van der Waals surface area contributed by atoms with E-state index in [1.54, 1.807) is 6.07 Å². The summed E-state index contributed by atoms with van der Waals surface area (Å²) in [6.45, 7) is 1.32. The third-order valence-electron chi connectivity index (χ3n) is 1.80. The number of aromatic nitrogens is 1. The number of carbonyl (C=O) groups is 1. The third kappa shape index (κ3) is 2.22. The highest BCUT2D eigenvalue weighted by atomic mass is 16.6. The summed E-state index contributed by atoms with van der Waals surface area (Å²) in [7, 11) is 0. The van der Waals surface area contributed by atoms with Gasteiger partial charge in [-0.05, 0) is 5.16 Å². The van der Waals surface area contributed by atoms with Crippen LogP contribution in [0.2, 0.25) is 0 Å². The molecule has 0 bridgehead atoms. The van der Waals surface area contributed by atoms with Crippen LogP contribution in [0.3, 0.4) is 0 Å². The first-order valence-electron chi connectivity index (χ1n) is 4.46. The van der Waals surface area contributed by atoms with Crippen LogP contribution in [0.25, 0.3) is 11.3 Å². The molecule has 15 heavy (non-hydrogen) atoms. The van der Waals surface area contributed by atoms with Gasteiger partial charge >= 0.3 is 5.97 Å². The van der Waals surface area contributed by atoms with Gasteiger partial charge in [-0.3, -0.25) is 4.79 Å². The lowest BCUT2D eigenvalue weighted by atomic mass is 10.2. The monoisotopic (exact) mass is 203 g/mol. The highest BCUT2D eigenvalue weighted by molar-refractivity contribution is 5.69. The Hall–Kier alpha value is -2.10. The van der Waals surface area contributed by atoms with Crippen molar-refractivity contribution in [3.05, 3.63) is 36.4 Å². The van der Waals surface area contributed by atoms with E-state index in [9.17, 15) is 4.79 Å². The molecule has 0 aliphatic carbocycles. The van der Waals surface area contributed by atoms with Crippen LogP contribution in [0.4, 0.5) is 0 Å². The Balaban J connectivity index is 2.24. The first kappa shape index (κ1) is 9.45. The second-order valence-corrected chi connectivity index (χ2v) is 2.99. The number of hydrogen-bond acceptors (Lipinski definition) is 4. The number of carbonyl (C=O) groups excluding carboxylic acids is 1. The fourth-order valence-electron chi connectivity index (χ4n) is 1.19. The first-order chi connectivity index (χ1) is 7.25. The van der Waals surface area contributed by atoms with Crippen LogP contribution in [0.5, 0.6) is 5.88 Å². The average molecular weight is 203 g/mol. The van der Waals surface area contributed by atoms with E-state index in [-0.39, 0.29) is 5.88 Å². The van der Waals surface area contributed by atoms with Gasteiger partial charge in [0, 0.05) is 12.5 Å². The molecule has 1 aromatic heterocycles. The second-order valence-electron chi connectivity index (χ2n) is 2.99. The zero-order valence-electron chi connectivity index (χ0n) is 8.14. The molecule has 0 atom stereocenters. The molecule has 2 rings (SSSR count). The molecule has 1 heterocycles. The van der Waals surface area contributed by atoms with Crippen LogP contribution in [0.15, 0.2) is 40.9 Å². The van der Waals surface area contributed by atoms with E-state index in [1.165, 1.54) is 6.92 Å². The van der Waals surface area contributed by atoms with E-state index >= 15 is 0 Å². The van der Waals surface area contributed by atoms with Crippen LogP contribution < -0.4 is 4.74 Å². The molecule has 2 aromatic rings. The number of rotatable bonds is 2. The highest BCUT2D eigenvalue weighted by Crippen LogP contribution is 2.22. The molecule has 4 heteroatoms. The number of hydrogen-bond donors (Lipinski definition) is 0. The topological polar surface area (TPSA) is 52.3 Å². The smallest absolute Gasteiger partial charge is 0.309 e. The standard InChI is InChI=1S/C11H9NO3/c1-8(13)14-11-7-10(15-12-11)9-5-3-2-4-6-9/h2-7H,1H3. The SMILES string of the molecule is CC(=O)Oc1cc(-c2ccccc2)on1. The summed E-state index contributed by atoms with van der Waals surface area (Å²) < 4.78 is 9.80. The van der Waals surface area contributed by atoms with E-state index in [0.717, 1.165) is 5.56 Å². The van der Waals surface area contributed by atoms with Gasteiger partial charge in [0.05, 0.1) is 6.07 Å². The van der Waals surface area contributed by atoms with Crippen LogP contribution in [-0.2, 0) is 4.79 Å². The molecule has 4 nitrogen and oxygen atoms in total. The summed E-state index contributed by atoms with van der Waals surface area (Å²) in [4.78, 5) is 10.7. The van der Waals surface area contributed by atoms with E-state index < -0.39 is 5.97 Å². The zero-order chi connectivity index (χ0) is 10.7. The van der Waals surface area contributed by atoms with Gasteiger partial charge in [-0.25, -0.2) is 0 Å². The van der Waals surface area contributed by atoms with E-state index in [1.807, 2.05) is 30.3 Å². The molecular formula is C11H9NO3. The second kappa shape index (κ2) is 3.96. The predicted octanol–water partition coefficient (Wildman–Crippen LogP) is 2.27. The number of nitrogens with zero attached hydrogens (tertiary/aromatic N) is 1. The largest absolute Gasteiger partial charge is 0.404 e. The van der Waals surface area contributed by atoms with Crippen molar-refractivity contribution < 1.29 is 14.1 Å². The lowest BCUT2D eigenvalue weighted by Crippen LogP contribution is -2.00. The Morgan fingerprint density at radius 2 is 2.07 bits per heavy atom. The van der Waals surface area contributed by atoms with Crippen LogP contribution in [0, 0.1) is 0 Å². The molecule has 0 radical (unpaired) electrons. The van der Waals surface area contributed by atoms with Crippen molar-refractivity contribution in [1.82, 2.24) is 5.16 Å². The lowest BCUT2D eigenvalue weighted by Gasteiger charge is -1.91. The predicted molar refractivity (Wildman–Crippen MR) is 53.2 cm³/mol. The van der Waals surface area contributed by atoms with Gasteiger partial charge in [0.15, 0.2) is 5.76 Å². The summed E-state index contributed by atoms with van der Waals surface area (Å²) in [5, 5.41) is 3.61. The van der Waals surface area contributed by atoms with Gasteiger partial charge in [-0.2, -0.15) is 0 Å². The Morgan fingerprint density at radius 1 is 1.33 bits per heavy atom. The van der Waals surface area contributed by atoms with Crippen molar-refractivity contribution in [3.8, 4) is 17.2 Å². The van der Waals surface area contributed by atoms with Gasteiger partial charge in [-0.15, -0.1) is 0 Å². The van der Waals surface area contributed by atoms with Gasteiger partial charge in [0.25, 0.3) is 5.88 Å². The Labute approximate surface area is 86.5 Å². The minimum Gasteiger partial charge on any atom is -0.404 e. The molecule has 0 N–H and O–H groups in total. The zero-order valence-corrected chi connectivity index (χ0v) is 8.14. The van der Waals surface area contributed by atoms with Gasteiger partial charge in [-0.1, -0.05) is 30.3 Å². The maximum atomic E-state index is 10.7. The van der Waals surface area contributed by atoms with Crippen molar-refractivity contribution in [3.63, 3.8) is 0 Å². The van der Waals surface area contributed by atoms with Crippen LogP contribution >= 0.6 is 0 Å². The summed E-state index contributed by atoms with van der Waals surface area (Å²) >= 11 is 0. The fraction of sp³-hybridized carbons (Fsp3) is 0.0909. The first-order valence-corrected chi connectivity index (χ1v) is 4.46. The third-order valence-corrected chi connectivity index (χ3v) is 1.80. The molecule has 0 fully saturated rings. The minimum absolute atomic E-state index is 0.182. The summed E-state index contributed by atoms with van der Waals surface area (Å²) in [6.07, 6.45) is 0. The van der Waals surface area contributed by atoms with Crippen molar-refractivity contribution in [2.24, 2.45) is 0 Å². The van der Waals surface area contributed by atoms with Crippen molar-refractivity contribution in [2.75, 3.05) is 0 Å². The average Bonchev–Trinajstić information content (AvgIpc) is 2.67. The molecular weight excluding hydrogens is 194 g/mol. The maximum Gasteiger partial charge on any atom is 0.309 e. The molecule has 0 saturated carbocycles. The lowest BCUT2D eigenvalue weighted by molar-refractivity contribution is -0.132. The molecule has 0 saturated heterocycles. The molecule has 0 aliphatic heterocycles. The highest BCUT2D eigenvalue weighted by Gasteiger charge is 2.08. The molecule has 0 aliphatic rings. The molecule has 1 aromatic carbocycles. The minimum atomic E-state index is -0.414. The van der Waals surface area contributed by atoms with Crippen molar-refractivity contribution in [1.29, 1.82) is 0 Å². The molecule has 0 unspecified atom stereocenters. The van der Waals surface area contributed by atoms with Crippen LogP contribution in [0.1, 0.15) is 6.92 Å². The number of esters is 1. The number of ether oxygens (including phenoxy) is 1. The van der Waals surface area contributed by atoms with Gasteiger partial charge < -0.3 is 9.26 Å². The molecule has 0 spiro atoms. The van der Waals surface area contributed by atoms with Gasteiger partial charge in [0.1, 0.15) is 0 Å². The number of benzene rings is 1. The maximum absolute atomic E-state index is 10.7. The fourth-order valence-corrected chi connectivity index (χ4v) is 1.19. The quantitative estimate of drug-likeness (QED) is 0.702.